The molecule has 0 saturated carbocycles. The van der Waals surface area contributed by atoms with Crippen LogP contribution in [0.2, 0.25) is 0 Å². The van der Waals surface area contributed by atoms with Gasteiger partial charge in [-0.3, -0.25) is 0 Å². The summed E-state index contributed by atoms with van der Waals surface area (Å²) in [5, 5.41) is 0. The summed E-state index contributed by atoms with van der Waals surface area (Å²) in [7, 11) is 0. The Morgan fingerprint density at radius 3 is 2.33 bits per heavy atom. The number of benzene rings is 1. The zero-order chi connectivity index (χ0) is 11.0. The molecule has 15 heavy (non-hydrogen) atoms. The lowest BCUT2D eigenvalue weighted by molar-refractivity contribution is 0.540. The van der Waals surface area contributed by atoms with Gasteiger partial charge in [-0.1, -0.05) is 17.7 Å². The van der Waals surface area contributed by atoms with Crippen molar-refractivity contribution < 1.29 is 4.42 Å². The predicted octanol–water partition coefficient (Wildman–Crippen LogP) is 3.58. The molecule has 0 aliphatic rings. The van der Waals surface area contributed by atoms with Gasteiger partial charge in [-0.15, -0.1) is 0 Å². The quantitative estimate of drug-likeness (QED) is 0.704. The number of hydrogen-bond acceptors (Lipinski definition) is 2. The number of rotatable bonds is 1. The van der Waals surface area contributed by atoms with Crippen LogP contribution in [0.4, 0.5) is 0 Å². The first-order valence-electron chi connectivity index (χ1n) is 5.09. The van der Waals surface area contributed by atoms with Gasteiger partial charge in [-0.2, -0.15) is 0 Å². The van der Waals surface area contributed by atoms with Gasteiger partial charge in [0.05, 0.1) is 5.69 Å². The van der Waals surface area contributed by atoms with E-state index >= 15 is 0 Å². The number of aromatic nitrogens is 1. The molecule has 1 aromatic heterocycles. The highest BCUT2D eigenvalue weighted by molar-refractivity contribution is 5.59. The zero-order valence-electron chi connectivity index (χ0n) is 9.59. The summed E-state index contributed by atoms with van der Waals surface area (Å²) >= 11 is 0. The first-order valence-corrected chi connectivity index (χ1v) is 5.09. The van der Waals surface area contributed by atoms with Crippen LogP contribution in [-0.2, 0) is 0 Å². The van der Waals surface area contributed by atoms with Crippen molar-refractivity contribution in [2.24, 2.45) is 0 Å². The third-order valence-corrected chi connectivity index (χ3v) is 2.64. The molecule has 0 amide bonds. The van der Waals surface area contributed by atoms with E-state index in [-0.39, 0.29) is 0 Å². The maximum atomic E-state index is 5.61. The lowest BCUT2D eigenvalue weighted by Gasteiger charge is -2.02. The van der Waals surface area contributed by atoms with Gasteiger partial charge in [-0.05, 0) is 39.3 Å². The summed E-state index contributed by atoms with van der Waals surface area (Å²) in [5.41, 5.74) is 4.51. The van der Waals surface area contributed by atoms with Crippen LogP contribution in [0, 0.1) is 27.7 Å². The van der Waals surface area contributed by atoms with Gasteiger partial charge in [0.2, 0.25) is 5.89 Å². The van der Waals surface area contributed by atoms with Crippen molar-refractivity contribution in [3.8, 4) is 11.5 Å². The van der Waals surface area contributed by atoms with E-state index in [0.717, 1.165) is 22.9 Å². The molecule has 0 N–H and O–H groups in total. The van der Waals surface area contributed by atoms with Crippen LogP contribution in [0.25, 0.3) is 11.5 Å². The van der Waals surface area contributed by atoms with Crippen molar-refractivity contribution in [2.45, 2.75) is 27.7 Å². The Morgan fingerprint density at radius 1 is 1.07 bits per heavy atom. The van der Waals surface area contributed by atoms with Gasteiger partial charge < -0.3 is 4.42 Å². The Bertz CT molecular complexity index is 478. The summed E-state index contributed by atoms with van der Waals surface area (Å²) in [6, 6.07) is 6.29. The summed E-state index contributed by atoms with van der Waals surface area (Å²) < 4.78 is 5.61. The van der Waals surface area contributed by atoms with Crippen LogP contribution in [0.15, 0.2) is 22.6 Å². The van der Waals surface area contributed by atoms with Gasteiger partial charge in [0.25, 0.3) is 0 Å². The van der Waals surface area contributed by atoms with E-state index in [1.165, 1.54) is 11.1 Å². The minimum absolute atomic E-state index is 0.725. The molecular formula is C13H15NO. The molecule has 0 radical (unpaired) electrons. The van der Waals surface area contributed by atoms with Crippen molar-refractivity contribution in [1.82, 2.24) is 4.98 Å². The summed E-state index contributed by atoms with van der Waals surface area (Å²) in [5.74, 6) is 1.62. The maximum absolute atomic E-state index is 5.61. The molecule has 0 atom stereocenters. The maximum Gasteiger partial charge on any atom is 0.226 e. The first-order chi connectivity index (χ1) is 7.08. The number of nitrogens with zero attached hydrogens (tertiary/aromatic N) is 1. The van der Waals surface area contributed by atoms with E-state index in [1.807, 2.05) is 13.8 Å². The summed E-state index contributed by atoms with van der Waals surface area (Å²) in [6.45, 7) is 8.07. The molecule has 1 aromatic carbocycles. The summed E-state index contributed by atoms with van der Waals surface area (Å²) in [4.78, 5) is 4.40. The second-order valence-electron chi connectivity index (χ2n) is 3.98. The molecule has 2 aromatic rings. The van der Waals surface area contributed by atoms with E-state index < -0.39 is 0 Å². The monoisotopic (exact) mass is 201 g/mol. The lowest BCUT2D eigenvalue weighted by Crippen LogP contribution is -1.84. The number of oxazole rings is 1. The molecule has 0 bridgehead atoms. The number of aryl methyl sites for hydroxylation is 4. The predicted molar refractivity (Wildman–Crippen MR) is 60.9 cm³/mol. The molecule has 1 heterocycles. The van der Waals surface area contributed by atoms with Crippen molar-refractivity contribution >= 4 is 0 Å². The van der Waals surface area contributed by atoms with Gasteiger partial charge in [0.1, 0.15) is 5.76 Å². The fourth-order valence-electron chi connectivity index (χ4n) is 1.64. The van der Waals surface area contributed by atoms with E-state index in [0.29, 0.717) is 0 Å². The van der Waals surface area contributed by atoms with Crippen molar-refractivity contribution in [3.63, 3.8) is 0 Å². The average Bonchev–Trinajstić information content (AvgIpc) is 2.46. The van der Waals surface area contributed by atoms with Crippen molar-refractivity contribution in [3.05, 3.63) is 40.8 Å². The molecule has 0 saturated heterocycles. The summed E-state index contributed by atoms with van der Waals surface area (Å²) in [6.07, 6.45) is 0. The van der Waals surface area contributed by atoms with E-state index in [2.05, 4.69) is 37.0 Å². The van der Waals surface area contributed by atoms with Gasteiger partial charge >= 0.3 is 0 Å². The zero-order valence-corrected chi connectivity index (χ0v) is 9.59. The molecule has 2 nitrogen and oxygen atoms in total. The van der Waals surface area contributed by atoms with Crippen LogP contribution >= 0.6 is 0 Å². The largest absolute Gasteiger partial charge is 0.441 e. The minimum atomic E-state index is 0.725. The molecule has 0 fully saturated rings. The van der Waals surface area contributed by atoms with Crippen molar-refractivity contribution in [1.29, 1.82) is 0 Å². The van der Waals surface area contributed by atoms with Gasteiger partial charge in [-0.25, -0.2) is 4.98 Å². The van der Waals surface area contributed by atoms with Crippen LogP contribution < -0.4 is 0 Å². The smallest absolute Gasteiger partial charge is 0.226 e. The molecular weight excluding hydrogens is 186 g/mol. The van der Waals surface area contributed by atoms with Gasteiger partial charge in [0.15, 0.2) is 0 Å². The van der Waals surface area contributed by atoms with E-state index in [4.69, 9.17) is 4.42 Å². The Balaban J connectivity index is 2.54. The lowest BCUT2D eigenvalue weighted by atomic mass is 10.1. The van der Waals surface area contributed by atoms with Crippen LogP contribution in [0.5, 0.6) is 0 Å². The minimum Gasteiger partial charge on any atom is -0.441 e. The van der Waals surface area contributed by atoms with Crippen molar-refractivity contribution in [2.75, 3.05) is 0 Å². The standard InChI is InChI=1S/C13H15NO/c1-8-5-6-12(9(2)7-8)13-14-10(3)11(4)15-13/h5-7H,1-4H3. The molecule has 0 aliphatic carbocycles. The third-order valence-electron chi connectivity index (χ3n) is 2.64. The Morgan fingerprint density at radius 2 is 1.80 bits per heavy atom. The Hall–Kier alpha value is -1.57. The first kappa shape index (κ1) is 9.97. The normalized spacial score (nSPS) is 10.7. The van der Waals surface area contributed by atoms with Crippen LogP contribution in [0.1, 0.15) is 22.6 Å². The van der Waals surface area contributed by atoms with E-state index in [1.54, 1.807) is 0 Å². The molecule has 78 valence electrons. The second-order valence-corrected chi connectivity index (χ2v) is 3.98. The SMILES string of the molecule is Cc1ccc(-c2nc(C)c(C)o2)c(C)c1. The highest BCUT2D eigenvalue weighted by Crippen LogP contribution is 2.25. The highest BCUT2D eigenvalue weighted by atomic mass is 16.4. The van der Waals surface area contributed by atoms with Crippen LogP contribution in [0.3, 0.4) is 0 Å². The molecule has 0 spiro atoms. The van der Waals surface area contributed by atoms with Crippen LogP contribution in [-0.4, -0.2) is 4.98 Å². The fourth-order valence-corrected chi connectivity index (χ4v) is 1.64. The average molecular weight is 201 g/mol. The Labute approximate surface area is 90.0 Å². The topological polar surface area (TPSA) is 26.0 Å². The fraction of sp³-hybridized carbons (Fsp3) is 0.308. The molecule has 0 aliphatic heterocycles. The Kier molecular flexibility index (Phi) is 2.35. The number of hydrogen-bond donors (Lipinski definition) is 0. The highest BCUT2D eigenvalue weighted by Gasteiger charge is 2.10. The van der Waals surface area contributed by atoms with E-state index in [9.17, 15) is 0 Å². The molecule has 0 unspecified atom stereocenters. The third kappa shape index (κ3) is 1.80. The second kappa shape index (κ2) is 3.54. The molecule has 2 heteroatoms. The molecule has 2 rings (SSSR count). The van der Waals surface area contributed by atoms with Gasteiger partial charge in [0, 0.05) is 5.56 Å².